The van der Waals surface area contributed by atoms with Crippen LogP contribution in [0.5, 0.6) is 0 Å². The predicted octanol–water partition coefficient (Wildman–Crippen LogP) is -1.35. The van der Waals surface area contributed by atoms with Gasteiger partial charge in [0.1, 0.15) is 6.04 Å². The Morgan fingerprint density at radius 2 is 2.14 bits per heavy atom. The average Bonchev–Trinajstić information content (AvgIpc) is 2.47. The van der Waals surface area contributed by atoms with Crippen molar-refractivity contribution in [1.82, 2.24) is 9.29 Å². The minimum absolute atomic E-state index is 0.0295. The van der Waals surface area contributed by atoms with Crippen LogP contribution in [0.1, 0.15) is 10.4 Å². The summed E-state index contributed by atoms with van der Waals surface area (Å²) < 4.78 is 30.8. The van der Waals surface area contributed by atoms with Crippen LogP contribution in [0.2, 0.25) is 0 Å². The Bertz CT molecular complexity index is 657. The fourth-order valence-electron chi connectivity index (χ4n) is 1.88. The van der Waals surface area contributed by atoms with Gasteiger partial charge in [-0.1, -0.05) is 0 Å². The number of nitrogens with zero attached hydrogens (tertiary/aromatic N) is 2. The van der Waals surface area contributed by atoms with Gasteiger partial charge in [-0.15, -0.1) is 0 Å². The number of carboxylic acid groups (broad SMARTS) is 1. The van der Waals surface area contributed by atoms with Crippen molar-refractivity contribution in [3.8, 4) is 0 Å². The normalized spacial score (nSPS) is 20.1. The van der Waals surface area contributed by atoms with Gasteiger partial charge >= 0.3 is 5.97 Å². The molecule has 0 saturated carbocycles. The van der Waals surface area contributed by atoms with Crippen LogP contribution in [0.25, 0.3) is 0 Å². The lowest BCUT2D eigenvalue weighted by Crippen LogP contribution is -2.54. The predicted molar refractivity (Wildman–Crippen MR) is 68.9 cm³/mol. The van der Waals surface area contributed by atoms with Gasteiger partial charge in [-0.3, -0.25) is 4.79 Å². The molecule has 1 aliphatic heterocycles. The summed E-state index contributed by atoms with van der Waals surface area (Å²) in [6.07, 6.45) is 0.939. The second-order valence-electron chi connectivity index (χ2n) is 4.30. The number of hydrogen-bond acceptors (Lipinski definition) is 6. The van der Waals surface area contributed by atoms with Gasteiger partial charge in [0.05, 0.1) is 18.8 Å². The number of carbonyl (C=O) groups excluding carboxylic acids is 1. The van der Waals surface area contributed by atoms with Gasteiger partial charge in [0.25, 0.3) is 10.0 Å². The number of nitrogens with two attached hydrogens (primary N) is 1. The molecule has 1 amide bonds. The highest BCUT2D eigenvalue weighted by molar-refractivity contribution is 7.89. The molecule has 1 aliphatic rings. The molecule has 2 rings (SSSR count). The summed E-state index contributed by atoms with van der Waals surface area (Å²) in [5.41, 5.74) is 5.04. The van der Waals surface area contributed by atoms with Crippen LogP contribution in [-0.2, 0) is 19.6 Å². The van der Waals surface area contributed by atoms with Gasteiger partial charge in [-0.2, -0.15) is 4.31 Å². The van der Waals surface area contributed by atoms with Crippen LogP contribution in [0, 0.1) is 0 Å². The topological polar surface area (TPSA) is 140 Å². The molecule has 9 nitrogen and oxygen atoms in total. The van der Waals surface area contributed by atoms with E-state index in [0.29, 0.717) is 0 Å². The van der Waals surface area contributed by atoms with E-state index in [1.807, 2.05) is 0 Å². The van der Waals surface area contributed by atoms with Gasteiger partial charge in [0, 0.05) is 12.7 Å². The highest BCUT2D eigenvalue weighted by Gasteiger charge is 2.38. The van der Waals surface area contributed by atoms with Crippen molar-refractivity contribution in [3.63, 3.8) is 0 Å². The van der Waals surface area contributed by atoms with Crippen LogP contribution < -0.4 is 5.73 Å². The molecule has 1 aromatic heterocycles. The highest BCUT2D eigenvalue weighted by Crippen LogP contribution is 2.19. The van der Waals surface area contributed by atoms with Crippen LogP contribution in [0.4, 0.5) is 0 Å². The molecule has 0 spiro atoms. The Kier molecular flexibility index (Phi) is 4.21. The Morgan fingerprint density at radius 1 is 1.43 bits per heavy atom. The van der Waals surface area contributed by atoms with Gasteiger partial charge in [-0.25, -0.2) is 18.2 Å². The van der Waals surface area contributed by atoms with E-state index in [1.165, 1.54) is 0 Å². The van der Waals surface area contributed by atoms with Crippen molar-refractivity contribution in [3.05, 3.63) is 23.9 Å². The van der Waals surface area contributed by atoms with Crippen molar-refractivity contribution in [2.45, 2.75) is 11.1 Å². The molecule has 1 atom stereocenters. The van der Waals surface area contributed by atoms with Crippen LogP contribution >= 0.6 is 0 Å². The van der Waals surface area contributed by atoms with Crippen LogP contribution in [0.15, 0.2) is 23.4 Å². The first kappa shape index (κ1) is 15.4. The zero-order valence-electron chi connectivity index (χ0n) is 10.8. The number of amides is 1. The maximum absolute atomic E-state index is 12.4. The first-order valence-corrected chi connectivity index (χ1v) is 7.36. The molecule has 10 heteroatoms. The third-order valence-electron chi connectivity index (χ3n) is 2.96. The number of ether oxygens (including phenoxy) is 1. The van der Waals surface area contributed by atoms with Crippen LogP contribution in [0.3, 0.4) is 0 Å². The van der Waals surface area contributed by atoms with E-state index in [9.17, 15) is 18.0 Å². The van der Waals surface area contributed by atoms with Crippen molar-refractivity contribution in [2.24, 2.45) is 5.73 Å². The molecule has 1 fully saturated rings. The molecule has 114 valence electrons. The van der Waals surface area contributed by atoms with E-state index < -0.39 is 27.9 Å². The quantitative estimate of drug-likeness (QED) is 0.700. The lowest BCUT2D eigenvalue weighted by atomic mass is 10.3. The summed E-state index contributed by atoms with van der Waals surface area (Å²) >= 11 is 0. The van der Waals surface area contributed by atoms with E-state index in [2.05, 4.69) is 4.98 Å². The number of aromatic carboxylic acids is 1. The molecule has 1 saturated heterocycles. The van der Waals surface area contributed by atoms with Crippen molar-refractivity contribution in [1.29, 1.82) is 0 Å². The highest BCUT2D eigenvalue weighted by atomic mass is 32.2. The van der Waals surface area contributed by atoms with Crippen LogP contribution in [-0.4, -0.2) is 60.5 Å². The number of morpholine rings is 1. The van der Waals surface area contributed by atoms with Crippen molar-refractivity contribution in [2.75, 3.05) is 19.8 Å². The standard InChI is InChI=1S/C11H13N3O6S/c12-10(15)8-6-20-4-3-14(8)21(18,19)9-2-1-7(5-13-9)11(16)17/h1-2,5,8H,3-4,6H2,(H2,12,15)(H,16,17). The molecule has 0 radical (unpaired) electrons. The van der Waals surface area contributed by atoms with Gasteiger partial charge in [0.15, 0.2) is 5.03 Å². The fourth-order valence-corrected chi connectivity index (χ4v) is 3.36. The Balaban J connectivity index is 2.35. The lowest BCUT2D eigenvalue weighted by Gasteiger charge is -2.32. The number of rotatable bonds is 4. The largest absolute Gasteiger partial charge is 0.478 e. The molecule has 1 unspecified atom stereocenters. The second-order valence-corrected chi connectivity index (χ2v) is 6.14. The zero-order valence-corrected chi connectivity index (χ0v) is 11.6. The second kappa shape index (κ2) is 5.76. The van der Waals surface area contributed by atoms with E-state index in [1.54, 1.807) is 0 Å². The van der Waals surface area contributed by atoms with Gasteiger partial charge < -0.3 is 15.6 Å². The number of aromatic nitrogens is 1. The summed E-state index contributed by atoms with van der Waals surface area (Å²) in [6, 6.07) is 1.10. The lowest BCUT2D eigenvalue weighted by molar-refractivity contribution is -0.125. The molecule has 3 N–H and O–H groups in total. The summed E-state index contributed by atoms with van der Waals surface area (Å²) in [4.78, 5) is 25.7. The van der Waals surface area contributed by atoms with E-state index >= 15 is 0 Å². The molecule has 0 aliphatic carbocycles. The number of hydrogen-bond donors (Lipinski definition) is 2. The number of pyridine rings is 1. The fraction of sp³-hybridized carbons (Fsp3) is 0.364. The maximum Gasteiger partial charge on any atom is 0.337 e. The summed E-state index contributed by atoms with van der Waals surface area (Å²) in [7, 11) is -4.05. The molecular formula is C11H13N3O6S. The van der Waals surface area contributed by atoms with E-state index in [-0.39, 0.29) is 30.3 Å². The zero-order chi connectivity index (χ0) is 15.6. The van der Waals surface area contributed by atoms with E-state index in [4.69, 9.17) is 15.6 Å². The van der Waals surface area contributed by atoms with Crippen molar-refractivity contribution >= 4 is 21.9 Å². The molecule has 21 heavy (non-hydrogen) atoms. The van der Waals surface area contributed by atoms with Crippen molar-refractivity contribution < 1.29 is 27.9 Å². The SMILES string of the molecule is NC(=O)C1COCCN1S(=O)(=O)c1ccc(C(=O)O)cn1. The molecule has 2 heterocycles. The molecule has 0 bridgehead atoms. The Labute approximate surface area is 120 Å². The number of primary amides is 1. The number of carboxylic acids is 1. The van der Waals surface area contributed by atoms with Gasteiger partial charge in [0.2, 0.25) is 5.91 Å². The van der Waals surface area contributed by atoms with Gasteiger partial charge in [-0.05, 0) is 12.1 Å². The molecule has 1 aromatic rings. The molecule has 0 aromatic carbocycles. The Morgan fingerprint density at radius 3 is 2.67 bits per heavy atom. The Hall–Kier alpha value is -2.04. The third-order valence-corrected chi connectivity index (χ3v) is 4.79. The smallest absolute Gasteiger partial charge is 0.337 e. The summed E-state index contributed by atoms with van der Waals surface area (Å²) in [6.45, 7) is -0.0176. The third kappa shape index (κ3) is 3.01. The summed E-state index contributed by atoms with van der Waals surface area (Å²) in [5.74, 6) is -2.03. The first-order valence-electron chi connectivity index (χ1n) is 5.92. The molecular weight excluding hydrogens is 302 g/mol. The number of carbonyl (C=O) groups is 2. The average molecular weight is 315 g/mol. The number of sulfonamides is 1. The minimum Gasteiger partial charge on any atom is -0.478 e. The van der Waals surface area contributed by atoms with E-state index in [0.717, 1.165) is 22.6 Å². The summed E-state index contributed by atoms with van der Waals surface area (Å²) in [5, 5.41) is 8.42. The first-order chi connectivity index (χ1) is 9.84. The monoisotopic (exact) mass is 315 g/mol. The minimum atomic E-state index is -4.05. The maximum atomic E-state index is 12.4.